The minimum absolute atomic E-state index is 0.121. The van der Waals surface area contributed by atoms with Gasteiger partial charge in [0.2, 0.25) is 0 Å². The second-order valence-electron chi connectivity index (χ2n) is 4.81. The first-order valence-electron chi connectivity index (χ1n) is 5.52. The maximum atomic E-state index is 9.17. The Morgan fingerprint density at radius 1 is 1.44 bits per heavy atom. The Balaban J connectivity index is 2.49. The van der Waals surface area contributed by atoms with Crippen LogP contribution in [0.3, 0.4) is 0 Å². The third kappa shape index (κ3) is 1.76. The topological polar surface area (TPSA) is 27.0 Å². The predicted octanol–water partition coefficient (Wildman–Crippen LogP) is 3.59. The van der Waals surface area contributed by atoms with E-state index in [1.807, 2.05) is 12.1 Å². The Labute approximate surface area is 101 Å². The predicted molar refractivity (Wildman–Crippen MR) is 66.8 cm³/mol. The molecule has 0 bridgehead atoms. The van der Waals surface area contributed by atoms with Gasteiger partial charge in [-0.05, 0) is 38.8 Å². The lowest BCUT2D eigenvalue weighted by Crippen LogP contribution is -2.38. The average Bonchev–Trinajstić information content (AvgIpc) is 2.57. The molecule has 0 unspecified atom stereocenters. The molecule has 0 atom stereocenters. The van der Waals surface area contributed by atoms with Gasteiger partial charge in [0.15, 0.2) is 0 Å². The molecule has 0 saturated carbocycles. The Hall–Kier alpha value is -1.20. The van der Waals surface area contributed by atoms with Crippen molar-refractivity contribution in [1.82, 2.24) is 0 Å². The van der Waals surface area contributed by atoms with Crippen molar-refractivity contribution in [3.8, 4) is 6.07 Å². The molecule has 1 saturated heterocycles. The number of nitrogens with zero attached hydrogens (tertiary/aromatic N) is 2. The molecule has 1 heterocycles. The van der Waals surface area contributed by atoms with Crippen LogP contribution in [0.5, 0.6) is 0 Å². The van der Waals surface area contributed by atoms with E-state index in [-0.39, 0.29) is 5.54 Å². The minimum Gasteiger partial charge on any atom is -0.365 e. The van der Waals surface area contributed by atoms with Crippen LogP contribution in [0.1, 0.15) is 32.3 Å². The van der Waals surface area contributed by atoms with Crippen molar-refractivity contribution in [1.29, 1.82) is 5.26 Å². The van der Waals surface area contributed by atoms with Crippen molar-refractivity contribution in [3.05, 3.63) is 28.8 Å². The second-order valence-corrected chi connectivity index (χ2v) is 5.22. The van der Waals surface area contributed by atoms with Gasteiger partial charge in [0, 0.05) is 12.1 Å². The molecule has 16 heavy (non-hydrogen) atoms. The third-order valence-corrected chi connectivity index (χ3v) is 3.61. The molecule has 1 aromatic carbocycles. The van der Waals surface area contributed by atoms with E-state index in [1.165, 1.54) is 6.42 Å². The quantitative estimate of drug-likeness (QED) is 0.743. The van der Waals surface area contributed by atoms with E-state index in [9.17, 15) is 0 Å². The number of anilines is 1. The van der Waals surface area contributed by atoms with Gasteiger partial charge in [-0.2, -0.15) is 5.26 Å². The van der Waals surface area contributed by atoms with Crippen LogP contribution in [-0.4, -0.2) is 12.1 Å². The summed E-state index contributed by atoms with van der Waals surface area (Å²) in [6.07, 6.45) is 2.33. The lowest BCUT2D eigenvalue weighted by molar-refractivity contribution is 0.518. The van der Waals surface area contributed by atoms with E-state index in [0.29, 0.717) is 10.6 Å². The Kier molecular flexibility index (Phi) is 2.82. The Morgan fingerprint density at radius 3 is 2.75 bits per heavy atom. The molecule has 0 radical (unpaired) electrons. The zero-order valence-electron chi connectivity index (χ0n) is 9.63. The SMILES string of the molecule is CC1(C)CCCN1c1cccc(Cl)c1C#N. The van der Waals surface area contributed by atoms with Crippen LogP contribution < -0.4 is 4.90 Å². The van der Waals surface area contributed by atoms with Crippen LogP contribution in [0, 0.1) is 11.3 Å². The van der Waals surface area contributed by atoms with Crippen molar-refractivity contribution in [2.24, 2.45) is 0 Å². The van der Waals surface area contributed by atoms with Crippen LogP contribution in [0.4, 0.5) is 5.69 Å². The summed E-state index contributed by atoms with van der Waals surface area (Å²) in [6, 6.07) is 7.87. The van der Waals surface area contributed by atoms with Gasteiger partial charge in [-0.15, -0.1) is 0 Å². The highest BCUT2D eigenvalue weighted by Gasteiger charge is 2.33. The van der Waals surface area contributed by atoms with Gasteiger partial charge in [0.1, 0.15) is 6.07 Å². The first-order valence-corrected chi connectivity index (χ1v) is 5.90. The maximum Gasteiger partial charge on any atom is 0.103 e. The number of hydrogen-bond donors (Lipinski definition) is 0. The fourth-order valence-electron chi connectivity index (χ4n) is 2.40. The summed E-state index contributed by atoms with van der Waals surface area (Å²) >= 11 is 6.05. The molecule has 0 spiro atoms. The molecule has 1 aliphatic rings. The summed E-state index contributed by atoms with van der Waals surface area (Å²) in [5.41, 5.74) is 1.69. The molecule has 0 amide bonds. The normalized spacial score (nSPS) is 18.5. The molecule has 3 heteroatoms. The molecular formula is C13H15ClN2. The number of halogens is 1. The summed E-state index contributed by atoms with van der Waals surface area (Å²) in [7, 11) is 0. The molecule has 2 rings (SSSR count). The molecule has 1 aromatic rings. The molecule has 0 aliphatic carbocycles. The Bertz CT molecular complexity index is 446. The lowest BCUT2D eigenvalue weighted by atomic mass is 10.0. The van der Waals surface area contributed by atoms with E-state index < -0.39 is 0 Å². The van der Waals surface area contributed by atoms with E-state index in [2.05, 4.69) is 24.8 Å². The molecule has 84 valence electrons. The van der Waals surface area contributed by atoms with E-state index in [4.69, 9.17) is 16.9 Å². The zero-order valence-corrected chi connectivity index (χ0v) is 10.4. The number of hydrogen-bond acceptors (Lipinski definition) is 2. The van der Waals surface area contributed by atoms with Crippen LogP contribution in [-0.2, 0) is 0 Å². The average molecular weight is 235 g/mol. The van der Waals surface area contributed by atoms with Crippen molar-refractivity contribution in [2.45, 2.75) is 32.2 Å². The summed E-state index contributed by atoms with van der Waals surface area (Å²) in [4.78, 5) is 2.29. The highest BCUT2D eigenvalue weighted by Crippen LogP contribution is 2.37. The van der Waals surface area contributed by atoms with Gasteiger partial charge in [-0.3, -0.25) is 0 Å². The molecule has 0 N–H and O–H groups in total. The van der Waals surface area contributed by atoms with E-state index in [0.717, 1.165) is 18.7 Å². The van der Waals surface area contributed by atoms with Crippen LogP contribution in [0.15, 0.2) is 18.2 Å². The number of rotatable bonds is 1. The monoisotopic (exact) mass is 234 g/mol. The van der Waals surface area contributed by atoms with Crippen LogP contribution in [0.25, 0.3) is 0 Å². The fraction of sp³-hybridized carbons (Fsp3) is 0.462. The minimum atomic E-state index is 0.121. The van der Waals surface area contributed by atoms with E-state index in [1.54, 1.807) is 6.07 Å². The lowest BCUT2D eigenvalue weighted by Gasteiger charge is -2.34. The summed E-state index contributed by atoms with van der Waals surface area (Å²) in [5, 5.41) is 9.71. The Morgan fingerprint density at radius 2 is 2.19 bits per heavy atom. The van der Waals surface area contributed by atoms with Gasteiger partial charge < -0.3 is 4.90 Å². The van der Waals surface area contributed by atoms with Crippen molar-refractivity contribution in [2.75, 3.05) is 11.4 Å². The molecule has 0 aromatic heterocycles. The molecule has 2 nitrogen and oxygen atoms in total. The van der Waals surface area contributed by atoms with Gasteiger partial charge in [0.05, 0.1) is 16.3 Å². The highest BCUT2D eigenvalue weighted by atomic mass is 35.5. The smallest absolute Gasteiger partial charge is 0.103 e. The fourth-order valence-corrected chi connectivity index (χ4v) is 2.61. The number of benzene rings is 1. The zero-order chi connectivity index (χ0) is 11.8. The molecule has 1 aliphatic heterocycles. The van der Waals surface area contributed by atoms with Crippen molar-refractivity contribution < 1.29 is 0 Å². The van der Waals surface area contributed by atoms with Gasteiger partial charge in [0.25, 0.3) is 0 Å². The standard InChI is InChI=1S/C13H15ClN2/c1-13(2)7-4-8-16(13)12-6-3-5-11(14)10(12)9-15/h3,5-6H,4,7-8H2,1-2H3. The van der Waals surface area contributed by atoms with Crippen LogP contribution >= 0.6 is 11.6 Å². The van der Waals surface area contributed by atoms with Gasteiger partial charge >= 0.3 is 0 Å². The molecular weight excluding hydrogens is 220 g/mol. The maximum absolute atomic E-state index is 9.17. The summed E-state index contributed by atoms with van der Waals surface area (Å²) in [5.74, 6) is 0. The van der Waals surface area contributed by atoms with Gasteiger partial charge in [-0.1, -0.05) is 17.7 Å². The first-order chi connectivity index (χ1) is 7.56. The second kappa shape index (κ2) is 3.99. The molecule has 1 fully saturated rings. The van der Waals surface area contributed by atoms with Crippen molar-refractivity contribution in [3.63, 3.8) is 0 Å². The van der Waals surface area contributed by atoms with Crippen LogP contribution in [0.2, 0.25) is 5.02 Å². The third-order valence-electron chi connectivity index (χ3n) is 3.30. The largest absolute Gasteiger partial charge is 0.365 e. The van der Waals surface area contributed by atoms with Gasteiger partial charge in [-0.25, -0.2) is 0 Å². The number of nitriles is 1. The highest BCUT2D eigenvalue weighted by molar-refractivity contribution is 6.32. The summed E-state index contributed by atoms with van der Waals surface area (Å²) < 4.78 is 0. The summed E-state index contributed by atoms with van der Waals surface area (Å²) in [6.45, 7) is 5.42. The first kappa shape index (κ1) is 11.3. The van der Waals surface area contributed by atoms with Crippen molar-refractivity contribution >= 4 is 17.3 Å². The van der Waals surface area contributed by atoms with E-state index >= 15 is 0 Å².